The first-order chi connectivity index (χ1) is 9.01. The molecule has 0 atom stereocenters. The predicted octanol–water partition coefficient (Wildman–Crippen LogP) is 1.35. The van der Waals surface area contributed by atoms with Gasteiger partial charge in [0.1, 0.15) is 10.6 Å². The van der Waals surface area contributed by atoms with Crippen molar-refractivity contribution in [3.63, 3.8) is 0 Å². The van der Waals surface area contributed by atoms with E-state index in [2.05, 4.69) is 15.3 Å². The van der Waals surface area contributed by atoms with E-state index in [-0.39, 0.29) is 12.5 Å². The Morgan fingerprint density at radius 3 is 2.89 bits per heavy atom. The molecule has 0 aliphatic heterocycles. The first-order valence-electron chi connectivity index (χ1n) is 6.02. The van der Waals surface area contributed by atoms with E-state index in [4.69, 9.17) is 5.73 Å². The normalized spacial score (nSPS) is 10.7. The molecule has 102 valence electrons. The van der Waals surface area contributed by atoms with Gasteiger partial charge in [-0.05, 0) is 19.9 Å². The van der Waals surface area contributed by atoms with Crippen molar-refractivity contribution < 1.29 is 4.79 Å². The molecule has 0 saturated heterocycles. The number of nitrogens with two attached hydrogens (primary N) is 1. The van der Waals surface area contributed by atoms with Crippen molar-refractivity contribution in [2.24, 2.45) is 5.73 Å². The minimum atomic E-state index is -0.383. The second-order valence-electron chi connectivity index (χ2n) is 4.30. The fourth-order valence-electron chi connectivity index (χ4n) is 1.86. The molecule has 1 amide bonds. The Morgan fingerprint density at radius 1 is 1.53 bits per heavy atom. The van der Waals surface area contributed by atoms with E-state index >= 15 is 0 Å². The molecule has 6 nitrogen and oxygen atoms in total. The largest absolute Gasteiger partial charge is 0.368 e. The van der Waals surface area contributed by atoms with Crippen LogP contribution >= 0.6 is 11.3 Å². The van der Waals surface area contributed by atoms with Crippen molar-refractivity contribution in [1.82, 2.24) is 9.97 Å². The van der Waals surface area contributed by atoms with E-state index in [1.54, 1.807) is 23.3 Å². The number of fused-ring (bicyclic) bond motifs is 1. The minimum Gasteiger partial charge on any atom is -0.368 e. The molecule has 3 N–H and O–H groups in total. The lowest BCUT2D eigenvalue weighted by atomic mass is 10.3. The number of carbonyl (C=O) groups is 1. The number of primary amides is 1. The predicted molar refractivity (Wildman–Crippen MR) is 78.8 cm³/mol. The van der Waals surface area contributed by atoms with E-state index in [0.29, 0.717) is 5.95 Å². The van der Waals surface area contributed by atoms with E-state index in [1.165, 1.54) is 0 Å². The van der Waals surface area contributed by atoms with Gasteiger partial charge < -0.3 is 16.0 Å². The smallest absolute Gasteiger partial charge is 0.236 e. The maximum absolute atomic E-state index is 11.1. The van der Waals surface area contributed by atoms with Gasteiger partial charge in [0.2, 0.25) is 11.9 Å². The lowest BCUT2D eigenvalue weighted by Crippen LogP contribution is -2.31. The van der Waals surface area contributed by atoms with Gasteiger partial charge in [-0.2, -0.15) is 4.98 Å². The van der Waals surface area contributed by atoms with Gasteiger partial charge in [-0.1, -0.05) is 0 Å². The summed E-state index contributed by atoms with van der Waals surface area (Å²) in [4.78, 5) is 23.8. The van der Waals surface area contributed by atoms with Gasteiger partial charge >= 0.3 is 0 Å². The number of nitrogens with one attached hydrogen (secondary N) is 1. The van der Waals surface area contributed by atoms with Crippen LogP contribution in [0.2, 0.25) is 0 Å². The molecule has 0 aliphatic carbocycles. The molecule has 0 fully saturated rings. The highest BCUT2D eigenvalue weighted by atomic mass is 32.1. The van der Waals surface area contributed by atoms with E-state index in [0.717, 1.165) is 27.5 Å². The second-order valence-corrected chi connectivity index (χ2v) is 5.53. The highest BCUT2D eigenvalue weighted by Gasteiger charge is 2.14. The minimum absolute atomic E-state index is 0.132. The zero-order valence-electron chi connectivity index (χ0n) is 11.2. The lowest BCUT2D eigenvalue weighted by Gasteiger charge is -2.17. The van der Waals surface area contributed by atoms with Gasteiger partial charge in [0, 0.05) is 18.5 Å². The third-order valence-corrected chi connectivity index (χ3v) is 3.53. The molecule has 0 spiro atoms. The molecule has 0 radical (unpaired) electrons. The molecule has 2 rings (SSSR count). The molecule has 0 unspecified atom stereocenters. The van der Waals surface area contributed by atoms with Crippen molar-refractivity contribution in [2.45, 2.75) is 13.8 Å². The third-order valence-electron chi connectivity index (χ3n) is 2.59. The Hall–Kier alpha value is -1.89. The Labute approximate surface area is 115 Å². The number of aromatic nitrogens is 2. The number of likely N-dealkylation sites (N-methyl/N-ethyl adjacent to an activating group) is 1. The Kier molecular flexibility index (Phi) is 3.84. The first-order valence-corrected chi connectivity index (χ1v) is 6.84. The van der Waals surface area contributed by atoms with Gasteiger partial charge in [0.15, 0.2) is 0 Å². The van der Waals surface area contributed by atoms with Gasteiger partial charge in [-0.15, -0.1) is 11.3 Å². The van der Waals surface area contributed by atoms with Crippen molar-refractivity contribution >= 4 is 39.2 Å². The van der Waals surface area contributed by atoms with Crippen LogP contribution < -0.4 is 16.0 Å². The maximum atomic E-state index is 11.1. The molecule has 0 bridgehead atoms. The van der Waals surface area contributed by atoms with Crippen LogP contribution in [0.15, 0.2) is 6.07 Å². The third kappa shape index (κ3) is 2.93. The summed E-state index contributed by atoms with van der Waals surface area (Å²) in [6.07, 6.45) is 0. The summed E-state index contributed by atoms with van der Waals surface area (Å²) < 4.78 is 0. The van der Waals surface area contributed by atoms with Crippen LogP contribution in [0.25, 0.3) is 10.2 Å². The summed E-state index contributed by atoms with van der Waals surface area (Å²) in [7, 11) is 1.80. The van der Waals surface area contributed by atoms with E-state index < -0.39 is 0 Å². The summed E-state index contributed by atoms with van der Waals surface area (Å²) in [6.45, 7) is 4.89. The van der Waals surface area contributed by atoms with E-state index in [1.807, 2.05) is 19.9 Å². The fourth-order valence-corrected chi connectivity index (χ4v) is 2.74. The van der Waals surface area contributed by atoms with Crippen LogP contribution in [-0.2, 0) is 4.79 Å². The van der Waals surface area contributed by atoms with Crippen LogP contribution in [-0.4, -0.2) is 36.0 Å². The van der Waals surface area contributed by atoms with Gasteiger partial charge in [-0.25, -0.2) is 4.98 Å². The van der Waals surface area contributed by atoms with Crippen LogP contribution in [0.4, 0.5) is 11.8 Å². The van der Waals surface area contributed by atoms with Gasteiger partial charge in [0.25, 0.3) is 0 Å². The highest BCUT2D eigenvalue weighted by Crippen LogP contribution is 2.31. The van der Waals surface area contributed by atoms with Crippen LogP contribution in [0.3, 0.4) is 0 Å². The number of hydrogen-bond acceptors (Lipinski definition) is 6. The zero-order valence-corrected chi connectivity index (χ0v) is 12.0. The first kappa shape index (κ1) is 13.5. The number of nitrogens with zero attached hydrogens (tertiary/aromatic N) is 3. The van der Waals surface area contributed by atoms with Crippen molar-refractivity contribution in [2.75, 3.05) is 30.4 Å². The fraction of sp³-hybridized carbons (Fsp3) is 0.417. The van der Waals surface area contributed by atoms with Crippen molar-refractivity contribution in [3.05, 3.63) is 10.9 Å². The molecule has 0 aromatic carbocycles. The Balaban J connectivity index is 2.51. The number of anilines is 2. The average Bonchev–Trinajstić information content (AvgIpc) is 2.67. The summed E-state index contributed by atoms with van der Waals surface area (Å²) in [6, 6.07) is 2.03. The second kappa shape index (κ2) is 5.40. The number of amides is 1. The zero-order chi connectivity index (χ0) is 14.0. The molecular formula is C12H17N5OS. The van der Waals surface area contributed by atoms with Crippen molar-refractivity contribution in [3.8, 4) is 0 Å². The molecule has 19 heavy (non-hydrogen) atoms. The van der Waals surface area contributed by atoms with Crippen LogP contribution in [0.5, 0.6) is 0 Å². The number of thiophene rings is 1. The number of rotatable bonds is 5. The van der Waals surface area contributed by atoms with Crippen LogP contribution in [0.1, 0.15) is 11.8 Å². The van der Waals surface area contributed by atoms with E-state index in [9.17, 15) is 4.79 Å². The Bertz CT molecular complexity index is 609. The number of carbonyl (C=O) groups excluding carboxylic acids is 1. The molecule has 0 aliphatic rings. The number of hydrogen-bond donors (Lipinski definition) is 2. The molecule has 0 saturated carbocycles. The van der Waals surface area contributed by atoms with Gasteiger partial charge in [0.05, 0.1) is 11.9 Å². The number of aryl methyl sites for hydroxylation is 1. The maximum Gasteiger partial charge on any atom is 0.236 e. The summed E-state index contributed by atoms with van der Waals surface area (Å²) in [5, 5.41) is 4.05. The quantitative estimate of drug-likeness (QED) is 0.863. The summed E-state index contributed by atoms with van der Waals surface area (Å²) >= 11 is 1.61. The standard InChI is InChI=1S/C12H17N5OS/c1-4-14-12-15-10(17(3)6-9(13)18)8-5-7(2)19-11(8)16-12/h5H,4,6H2,1-3H3,(H2,13,18)(H,14,15,16). The molecule has 2 aromatic heterocycles. The summed E-state index contributed by atoms with van der Waals surface area (Å²) in [5.74, 6) is 0.915. The van der Waals surface area contributed by atoms with Crippen molar-refractivity contribution in [1.29, 1.82) is 0 Å². The highest BCUT2D eigenvalue weighted by molar-refractivity contribution is 7.18. The molecule has 7 heteroatoms. The Morgan fingerprint density at radius 2 is 2.26 bits per heavy atom. The monoisotopic (exact) mass is 279 g/mol. The average molecular weight is 279 g/mol. The van der Waals surface area contributed by atoms with Gasteiger partial charge in [-0.3, -0.25) is 4.79 Å². The summed E-state index contributed by atoms with van der Waals surface area (Å²) in [5.41, 5.74) is 5.24. The lowest BCUT2D eigenvalue weighted by molar-refractivity contribution is -0.116. The topological polar surface area (TPSA) is 84.1 Å². The van der Waals surface area contributed by atoms with Crippen LogP contribution in [0, 0.1) is 6.92 Å². The molecule has 2 aromatic rings. The molecular weight excluding hydrogens is 262 g/mol. The SMILES string of the molecule is CCNc1nc(N(C)CC(N)=O)c2cc(C)sc2n1. The molecule has 2 heterocycles.